The van der Waals surface area contributed by atoms with Crippen molar-refractivity contribution in [2.24, 2.45) is 0 Å². The van der Waals surface area contributed by atoms with E-state index in [0.29, 0.717) is 11.4 Å². The Morgan fingerprint density at radius 2 is 1.33 bits per heavy atom. The molecule has 0 aliphatic carbocycles. The van der Waals surface area contributed by atoms with Crippen LogP contribution in [-0.4, -0.2) is 14.4 Å². The highest BCUT2D eigenvalue weighted by Gasteiger charge is 2.09. The first-order valence-corrected chi connectivity index (χ1v) is 8.04. The highest BCUT2D eigenvalue weighted by Crippen LogP contribution is 2.18. The van der Waals surface area contributed by atoms with Gasteiger partial charge in [-0.1, -0.05) is 0 Å². The summed E-state index contributed by atoms with van der Waals surface area (Å²) in [5.41, 5.74) is 0.813. The molecule has 0 aromatic heterocycles. The molecule has 21 heavy (non-hydrogen) atoms. The number of rotatable bonds is 3. The molecule has 0 aliphatic rings. The van der Waals surface area contributed by atoms with Crippen LogP contribution in [0.2, 0.25) is 0 Å². The van der Waals surface area contributed by atoms with Gasteiger partial charge in [0.2, 0.25) is 0 Å². The van der Waals surface area contributed by atoms with E-state index in [4.69, 9.17) is 10.7 Å². The molecule has 0 unspecified atom stereocenters. The van der Waals surface area contributed by atoms with Gasteiger partial charge in [0.05, 0.1) is 4.90 Å². The van der Waals surface area contributed by atoms with Crippen molar-refractivity contribution in [1.29, 1.82) is 0 Å². The summed E-state index contributed by atoms with van der Waals surface area (Å²) in [6.07, 6.45) is 0. The molecule has 0 atom stereocenters. The third kappa shape index (κ3) is 4.44. The highest BCUT2D eigenvalue weighted by molar-refractivity contribution is 8.13. The van der Waals surface area contributed by atoms with E-state index in [1.807, 2.05) is 0 Å². The van der Waals surface area contributed by atoms with Crippen molar-refractivity contribution in [2.75, 3.05) is 10.6 Å². The van der Waals surface area contributed by atoms with Crippen LogP contribution < -0.4 is 10.6 Å². The number of halogens is 2. The Labute approximate surface area is 125 Å². The van der Waals surface area contributed by atoms with Crippen LogP contribution in [0.3, 0.4) is 0 Å². The Bertz CT molecular complexity index is 746. The van der Waals surface area contributed by atoms with E-state index in [9.17, 15) is 17.6 Å². The number of urea groups is 1. The van der Waals surface area contributed by atoms with Gasteiger partial charge in [0.25, 0.3) is 9.05 Å². The lowest BCUT2D eigenvalue weighted by Crippen LogP contribution is -2.19. The van der Waals surface area contributed by atoms with Crippen LogP contribution in [-0.2, 0) is 9.05 Å². The molecule has 0 saturated heterocycles. The van der Waals surface area contributed by atoms with Crippen LogP contribution in [0, 0.1) is 5.82 Å². The lowest BCUT2D eigenvalue weighted by Gasteiger charge is -2.07. The largest absolute Gasteiger partial charge is 0.323 e. The summed E-state index contributed by atoms with van der Waals surface area (Å²) in [6.45, 7) is 0. The Morgan fingerprint density at radius 1 is 0.905 bits per heavy atom. The smallest absolute Gasteiger partial charge is 0.308 e. The van der Waals surface area contributed by atoms with Crippen molar-refractivity contribution in [3.8, 4) is 0 Å². The fourth-order valence-corrected chi connectivity index (χ4v) is 2.30. The topological polar surface area (TPSA) is 75.3 Å². The monoisotopic (exact) mass is 328 g/mol. The zero-order valence-corrected chi connectivity index (χ0v) is 12.1. The molecule has 8 heteroatoms. The van der Waals surface area contributed by atoms with Crippen LogP contribution in [0.15, 0.2) is 53.4 Å². The Kier molecular flexibility index (Phi) is 4.44. The molecule has 0 spiro atoms. The van der Waals surface area contributed by atoms with Crippen molar-refractivity contribution >= 4 is 37.1 Å². The number of amides is 2. The summed E-state index contributed by atoms with van der Waals surface area (Å²) in [7, 11) is 1.39. The molecular formula is C13H10ClFN2O3S. The maximum Gasteiger partial charge on any atom is 0.323 e. The fraction of sp³-hybridized carbons (Fsp3) is 0. The summed E-state index contributed by atoms with van der Waals surface area (Å²) >= 11 is 0. The third-order valence-corrected chi connectivity index (χ3v) is 3.87. The van der Waals surface area contributed by atoms with E-state index in [0.717, 1.165) is 0 Å². The predicted octanol–water partition coefficient (Wildman–Crippen LogP) is 3.40. The van der Waals surface area contributed by atoms with Gasteiger partial charge in [-0.3, -0.25) is 0 Å². The molecule has 2 amide bonds. The molecule has 0 saturated carbocycles. The van der Waals surface area contributed by atoms with Gasteiger partial charge in [-0.2, -0.15) is 0 Å². The zero-order valence-electron chi connectivity index (χ0n) is 10.5. The number of carbonyl (C=O) groups excluding carboxylic acids is 1. The molecule has 0 fully saturated rings. The summed E-state index contributed by atoms with van der Waals surface area (Å²) in [5.74, 6) is -0.404. The summed E-state index contributed by atoms with van der Waals surface area (Å²) < 4.78 is 34.9. The first kappa shape index (κ1) is 15.3. The maximum absolute atomic E-state index is 12.7. The second kappa shape index (κ2) is 6.11. The molecule has 5 nitrogen and oxygen atoms in total. The molecule has 2 aromatic rings. The number of hydrogen-bond donors (Lipinski definition) is 2. The van der Waals surface area contributed by atoms with E-state index in [2.05, 4.69) is 10.6 Å². The van der Waals surface area contributed by atoms with Crippen molar-refractivity contribution in [3.63, 3.8) is 0 Å². The lowest BCUT2D eigenvalue weighted by molar-refractivity contribution is 0.262. The van der Waals surface area contributed by atoms with Gasteiger partial charge < -0.3 is 10.6 Å². The third-order valence-electron chi connectivity index (χ3n) is 2.50. The average Bonchev–Trinajstić information content (AvgIpc) is 2.41. The minimum Gasteiger partial charge on any atom is -0.308 e. The lowest BCUT2D eigenvalue weighted by atomic mass is 10.3. The van der Waals surface area contributed by atoms with Crippen LogP contribution in [0.25, 0.3) is 0 Å². The van der Waals surface area contributed by atoms with Crippen LogP contribution >= 0.6 is 10.7 Å². The number of benzene rings is 2. The van der Waals surface area contributed by atoms with Gasteiger partial charge in [0.1, 0.15) is 5.82 Å². The molecule has 0 heterocycles. The maximum atomic E-state index is 12.7. The van der Waals surface area contributed by atoms with E-state index in [-0.39, 0.29) is 4.90 Å². The Morgan fingerprint density at radius 3 is 1.76 bits per heavy atom. The molecule has 0 aliphatic heterocycles. The fourth-order valence-electron chi connectivity index (χ4n) is 1.53. The first-order chi connectivity index (χ1) is 9.84. The predicted molar refractivity (Wildman–Crippen MR) is 78.5 cm³/mol. The van der Waals surface area contributed by atoms with E-state index in [1.165, 1.54) is 48.5 Å². The Hall–Kier alpha value is -2.12. The van der Waals surface area contributed by atoms with Crippen molar-refractivity contribution < 1.29 is 17.6 Å². The highest BCUT2D eigenvalue weighted by atomic mass is 35.7. The molecule has 2 rings (SSSR count). The van der Waals surface area contributed by atoms with Crippen molar-refractivity contribution in [2.45, 2.75) is 4.90 Å². The number of nitrogens with one attached hydrogen (secondary N) is 2. The van der Waals surface area contributed by atoms with Crippen molar-refractivity contribution in [3.05, 3.63) is 54.3 Å². The van der Waals surface area contributed by atoms with E-state index >= 15 is 0 Å². The van der Waals surface area contributed by atoms with Crippen molar-refractivity contribution in [1.82, 2.24) is 0 Å². The van der Waals surface area contributed by atoms with Crippen LogP contribution in [0.4, 0.5) is 20.6 Å². The zero-order chi connectivity index (χ0) is 15.5. The van der Waals surface area contributed by atoms with Gasteiger partial charge in [-0.15, -0.1) is 0 Å². The van der Waals surface area contributed by atoms with Crippen LogP contribution in [0.5, 0.6) is 0 Å². The summed E-state index contributed by atoms with van der Waals surface area (Å²) in [5, 5.41) is 5.00. The van der Waals surface area contributed by atoms with E-state index < -0.39 is 20.9 Å². The normalized spacial score (nSPS) is 11.0. The molecular weight excluding hydrogens is 319 g/mol. The Balaban J connectivity index is 2.01. The molecule has 0 bridgehead atoms. The number of hydrogen-bond acceptors (Lipinski definition) is 3. The quantitative estimate of drug-likeness (QED) is 0.848. The minimum atomic E-state index is -3.79. The summed E-state index contributed by atoms with van der Waals surface area (Å²) in [4.78, 5) is 11.6. The molecule has 0 radical (unpaired) electrons. The van der Waals surface area contributed by atoms with Gasteiger partial charge in [-0.05, 0) is 48.5 Å². The standard InChI is InChI=1S/C13H10ClFN2O3S/c14-21(19,20)12-7-5-11(6-8-12)17-13(18)16-10-3-1-9(15)2-4-10/h1-8H,(H2,16,17,18). The van der Waals surface area contributed by atoms with Gasteiger partial charge in [0.15, 0.2) is 0 Å². The van der Waals surface area contributed by atoms with Gasteiger partial charge in [-0.25, -0.2) is 17.6 Å². The second-order valence-corrected chi connectivity index (χ2v) is 6.61. The number of carbonyl (C=O) groups is 1. The SMILES string of the molecule is O=C(Nc1ccc(F)cc1)Nc1ccc(S(=O)(=O)Cl)cc1. The minimum absolute atomic E-state index is 0.0614. The first-order valence-electron chi connectivity index (χ1n) is 5.73. The average molecular weight is 329 g/mol. The van der Waals surface area contributed by atoms with E-state index in [1.54, 1.807) is 0 Å². The van der Waals surface area contributed by atoms with Gasteiger partial charge in [0, 0.05) is 22.1 Å². The summed E-state index contributed by atoms with van der Waals surface area (Å²) in [6, 6.07) is 10.1. The molecule has 110 valence electrons. The number of anilines is 2. The molecule has 2 N–H and O–H groups in total. The van der Waals surface area contributed by atoms with Crippen LogP contribution in [0.1, 0.15) is 0 Å². The second-order valence-electron chi connectivity index (χ2n) is 4.05. The van der Waals surface area contributed by atoms with Gasteiger partial charge >= 0.3 is 6.03 Å². The molecule has 2 aromatic carbocycles.